The number of benzene rings is 2. The topological polar surface area (TPSA) is 28.2 Å². The number of piperidine rings is 1. The fraction of sp³-hybridized carbons (Fsp3) is 0.370. The minimum Gasteiger partial charge on any atom is -0.364 e. The molecule has 0 bridgehead atoms. The molecule has 0 amide bonds. The van der Waals surface area contributed by atoms with E-state index in [9.17, 15) is 0 Å². The van der Waals surface area contributed by atoms with E-state index in [2.05, 4.69) is 86.4 Å². The Balaban J connectivity index is 0.00000181. The zero-order valence-electron chi connectivity index (χ0n) is 19.5. The molecular formula is C27H35Cl2N3. The van der Waals surface area contributed by atoms with E-state index >= 15 is 0 Å². The first-order valence-electron chi connectivity index (χ1n) is 11.1. The Bertz CT molecular complexity index is 989. The van der Waals surface area contributed by atoms with Crippen molar-refractivity contribution in [1.29, 1.82) is 0 Å². The third-order valence-electron chi connectivity index (χ3n) is 6.52. The maximum atomic E-state index is 4.70. The predicted molar refractivity (Wildman–Crippen MR) is 142 cm³/mol. The van der Waals surface area contributed by atoms with Crippen molar-refractivity contribution in [2.45, 2.75) is 53.1 Å². The van der Waals surface area contributed by atoms with Crippen LogP contribution in [0, 0.1) is 27.7 Å². The molecule has 0 atom stereocenters. The molecule has 172 valence electrons. The third kappa shape index (κ3) is 6.04. The van der Waals surface area contributed by atoms with Gasteiger partial charge in [0.05, 0.1) is 5.69 Å². The molecule has 0 radical (unpaired) electrons. The van der Waals surface area contributed by atoms with Crippen LogP contribution in [0.5, 0.6) is 0 Å². The molecule has 1 aliphatic heterocycles. The minimum absolute atomic E-state index is 0. The van der Waals surface area contributed by atoms with Crippen molar-refractivity contribution in [3.8, 4) is 11.3 Å². The van der Waals surface area contributed by atoms with Gasteiger partial charge in [-0.2, -0.15) is 0 Å². The normalized spacial score (nSPS) is 13.8. The van der Waals surface area contributed by atoms with Crippen LogP contribution in [0.4, 0.5) is 5.69 Å². The van der Waals surface area contributed by atoms with Crippen molar-refractivity contribution in [3.63, 3.8) is 0 Å². The fourth-order valence-corrected chi connectivity index (χ4v) is 4.40. The zero-order valence-corrected chi connectivity index (χ0v) is 21.2. The van der Waals surface area contributed by atoms with Crippen LogP contribution in [0.1, 0.15) is 40.7 Å². The Hall–Kier alpha value is -2.07. The molecule has 5 heteroatoms. The minimum atomic E-state index is 0. The average molecular weight is 473 g/mol. The van der Waals surface area contributed by atoms with Crippen LogP contribution in [0.2, 0.25) is 0 Å². The first kappa shape index (κ1) is 26.2. The summed E-state index contributed by atoms with van der Waals surface area (Å²) in [5, 5.41) is 3.50. The Morgan fingerprint density at radius 2 is 1.50 bits per heavy atom. The van der Waals surface area contributed by atoms with Crippen LogP contribution in [-0.4, -0.2) is 24.1 Å². The highest BCUT2D eigenvalue weighted by atomic mass is 35.5. The van der Waals surface area contributed by atoms with Crippen LogP contribution in [0.3, 0.4) is 0 Å². The molecule has 2 heterocycles. The zero-order chi connectivity index (χ0) is 21.1. The van der Waals surface area contributed by atoms with E-state index in [4.69, 9.17) is 4.98 Å². The van der Waals surface area contributed by atoms with E-state index in [0.29, 0.717) is 6.04 Å². The van der Waals surface area contributed by atoms with Gasteiger partial charge in [-0.25, -0.2) is 0 Å². The monoisotopic (exact) mass is 471 g/mol. The number of hydrogen-bond acceptors (Lipinski definition) is 3. The molecule has 1 N–H and O–H groups in total. The summed E-state index contributed by atoms with van der Waals surface area (Å²) >= 11 is 0. The van der Waals surface area contributed by atoms with Crippen molar-refractivity contribution in [2.24, 2.45) is 0 Å². The quantitative estimate of drug-likeness (QED) is 0.454. The summed E-state index contributed by atoms with van der Waals surface area (Å²) in [6.45, 7) is 11.8. The summed E-state index contributed by atoms with van der Waals surface area (Å²) < 4.78 is 0. The molecule has 0 saturated carbocycles. The number of aromatic nitrogens is 1. The lowest BCUT2D eigenvalue weighted by molar-refractivity contribution is 0.428. The van der Waals surface area contributed by atoms with Gasteiger partial charge >= 0.3 is 0 Å². The highest BCUT2D eigenvalue weighted by Gasteiger charge is 2.22. The molecule has 0 unspecified atom stereocenters. The molecule has 0 aliphatic carbocycles. The second kappa shape index (κ2) is 11.7. The highest BCUT2D eigenvalue weighted by Crippen LogP contribution is 2.27. The van der Waals surface area contributed by atoms with Gasteiger partial charge in [-0.1, -0.05) is 17.7 Å². The standard InChI is InChI=1S/C27H33N3.2ClH/c1-19-5-7-25(8-6-19)30(26-10-12-28-13-11-26)18-23-9-14-29-27(17-23)24-15-20(2)22(4)21(3)16-24;;/h5-9,14-17,26,28H,10-13,18H2,1-4H3;2*1H. The number of pyridine rings is 1. The van der Waals surface area contributed by atoms with Gasteiger partial charge in [0.2, 0.25) is 0 Å². The second-order valence-corrected chi connectivity index (χ2v) is 8.73. The van der Waals surface area contributed by atoms with E-state index in [0.717, 1.165) is 25.3 Å². The molecular weight excluding hydrogens is 437 g/mol. The average Bonchev–Trinajstić information content (AvgIpc) is 2.77. The van der Waals surface area contributed by atoms with Gasteiger partial charge in [-0.05, 0) is 112 Å². The molecule has 1 aromatic heterocycles. The molecule has 1 aliphatic rings. The van der Waals surface area contributed by atoms with Gasteiger partial charge in [0.15, 0.2) is 0 Å². The first-order chi connectivity index (χ1) is 14.5. The summed E-state index contributed by atoms with van der Waals surface area (Å²) in [5.74, 6) is 0. The first-order valence-corrected chi connectivity index (χ1v) is 11.1. The maximum absolute atomic E-state index is 4.70. The van der Waals surface area contributed by atoms with E-state index in [1.165, 1.54) is 51.9 Å². The summed E-state index contributed by atoms with van der Waals surface area (Å²) in [7, 11) is 0. The van der Waals surface area contributed by atoms with E-state index in [-0.39, 0.29) is 24.8 Å². The van der Waals surface area contributed by atoms with Gasteiger partial charge in [-0.3, -0.25) is 4.98 Å². The number of nitrogens with zero attached hydrogens (tertiary/aromatic N) is 2. The molecule has 1 saturated heterocycles. The lowest BCUT2D eigenvalue weighted by atomic mass is 9.98. The summed E-state index contributed by atoms with van der Waals surface area (Å²) in [6, 6.07) is 18.5. The predicted octanol–water partition coefficient (Wildman–Crippen LogP) is 6.58. The molecule has 3 nitrogen and oxygen atoms in total. The summed E-state index contributed by atoms with van der Waals surface area (Å²) in [6.07, 6.45) is 4.33. The van der Waals surface area contributed by atoms with E-state index < -0.39 is 0 Å². The van der Waals surface area contributed by atoms with E-state index in [1.807, 2.05) is 6.20 Å². The number of nitrogens with one attached hydrogen (secondary N) is 1. The van der Waals surface area contributed by atoms with Crippen LogP contribution >= 0.6 is 24.8 Å². The Kier molecular flexibility index (Phi) is 9.57. The fourth-order valence-electron chi connectivity index (χ4n) is 4.40. The SMILES string of the molecule is Cc1ccc(N(Cc2ccnc(-c3cc(C)c(C)c(C)c3)c2)C2CCNCC2)cc1.Cl.Cl. The third-order valence-corrected chi connectivity index (χ3v) is 6.52. The maximum Gasteiger partial charge on any atom is 0.0705 e. The van der Waals surface area contributed by atoms with Crippen LogP contribution in [0.15, 0.2) is 54.7 Å². The van der Waals surface area contributed by atoms with Gasteiger partial charge < -0.3 is 10.2 Å². The van der Waals surface area contributed by atoms with Crippen molar-refractivity contribution >= 4 is 30.5 Å². The lowest BCUT2D eigenvalue weighted by Crippen LogP contribution is -2.43. The highest BCUT2D eigenvalue weighted by molar-refractivity contribution is 5.85. The number of rotatable bonds is 5. The van der Waals surface area contributed by atoms with Gasteiger partial charge in [0, 0.05) is 30.0 Å². The van der Waals surface area contributed by atoms with Gasteiger partial charge in [0.25, 0.3) is 0 Å². The van der Waals surface area contributed by atoms with Crippen LogP contribution in [-0.2, 0) is 6.54 Å². The smallest absolute Gasteiger partial charge is 0.0705 e. The van der Waals surface area contributed by atoms with Crippen molar-refractivity contribution in [3.05, 3.63) is 82.5 Å². The molecule has 32 heavy (non-hydrogen) atoms. The Morgan fingerprint density at radius 3 is 2.12 bits per heavy atom. The second-order valence-electron chi connectivity index (χ2n) is 8.73. The van der Waals surface area contributed by atoms with Crippen molar-refractivity contribution < 1.29 is 0 Å². The van der Waals surface area contributed by atoms with Crippen molar-refractivity contribution in [2.75, 3.05) is 18.0 Å². The van der Waals surface area contributed by atoms with E-state index in [1.54, 1.807) is 0 Å². The van der Waals surface area contributed by atoms with Gasteiger partial charge in [-0.15, -0.1) is 24.8 Å². The number of aryl methyl sites for hydroxylation is 3. The largest absolute Gasteiger partial charge is 0.364 e. The Morgan fingerprint density at radius 1 is 0.875 bits per heavy atom. The lowest BCUT2D eigenvalue weighted by Gasteiger charge is -2.36. The van der Waals surface area contributed by atoms with Crippen LogP contribution in [0.25, 0.3) is 11.3 Å². The summed E-state index contributed by atoms with van der Waals surface area (Å²) in [4.78, 5) is 7.29. The molecule has 0 spiro atoms. The van der Waals surface area contributed by atoms with Crippen molar-refractivity contribution in [1.82, 2.24) is 10.3 Å². The molecule has 2 aromatic carbocycles. The molecule has 1 fully saturated rings. The number of hydrogen-bond donors (Lipinski definition) is 1. The number of anilines is 1. The molecule has 4 rings (SSSR count). The Labute approximate surface area is 205 Å². The van der Waals surface area contributed by atoms with Crippen LogP contribution < -0.4 is 10.2 Å². The number of halogens is 2. The van der Waals surface area contributed by atoms with Gasteiger partial charge in [0.1, 0.15) is 0 Å². The summed E-state index contributed by atoms with van der Waals surface area (Å²) in [5.41, 5.74) is 10.2. The molecule has 3 aromatic rings.